The van der Waals surface area contributed by atoms with Crippen LogP contribution in [0.3, 0.4) is 0 Å². The Kier molecular flexibility index (Phi) is 10.0. The van der Waals surface area contributed by atoms with Crippen LogP contribution in [0.25, 0.3) is 0 Å². The number of rotatable bonds is 10. The van der Waals surface area contributed by atoms with E-state index >= 15 is 0 Å². The number of aromatic nitrogens is 4. The van der Waals surface area contributed by atoms with Crippen LogP contribution in [0.4, 0.5) is 8.78 Å². The summed E-state index contributed by atoms with van der Waals surface area (Å²) >= 11 is 0. The predicted octanol–water partition coefficient (Wildman–Crippen LogP) is 5.88. The molecule has 2 N–H and O–H groups in total. The number of esters is 1. The van der Waals surface area contributed by atoms with E-state index in [0.717, 1.165) is 49.7 Å². The summed E-state index contributed by atoms with van der Waals surface area (Å²) < 4.78 is 33.2. The monoisotopic (exact) mass is 613 g/mol. The molecule has 0 unspecified atom stereocenters. The van der Waals surface area contributed by atoms with Crippen LogP contribution in [-0.4, -0.2) is 44.8 Å². The lowest BCUT2D eigenvalue weighted by Crippen LogP contribution is -2.38. The van der Waals surface area contributed by atoms with E-state index in [1.807, 2.05) is 24.3 Å². The minimum absolute atomic E-state index is 0.0537. The standard InChI is InChI=1S/C18H19FN2O2.C17H18FN3O/c1-2-23-17(22)13-11-20-16(21-12-13)10-18(8-5-9-18)14-6-3-4-7-15(14)19;18-14-5-2-1-4-13(14)17(6-3-7-17)8-16-20-10-12(11-21-16)15(22)9-19/h3-4,6-7,11-12H,2,5,8-10H2,1H3;1-2,4-5,10-11H,3,6-9,19H2. The molecule has 2 heterocycles. The third-order valence-electron chi connectivity index (χ3n) is 8.93. The fraction of sp³-hybridized carbons (Fsp3) is 0.371. The maximum Gasteiger partial charge on any atom is 0.341 e. The van der Waals surface area contributed by atoms with Crippen LogP contribution in [0.5, 0.6) is 0 Å². The molecule has 4 aromatic rings. The van der Waals surface area contributed by atoms with Crippen molar-refractivity contribution in [2.75, 3.05) is 13.2 Å². The largest absolute Gasteiger partial charge is 0.462 e. The number of nitrogens with two attached hydrogens (primary N) is 1. The number of carbonyl (C=O) groups is 2. The Morgan fingerprint density at radius 3 is 1.51 bits per heavy atom. The average molecular weight is 614 g/mol. The molecule has 0 amide bonds. The molecule has 0 spiro atoms. The first-order valence-corrected chi connectivity index (χ1v) is 15.3. The van der Waals surface area contributed by atoms with Crippen LogP contribution in [0.15, 0.2) is 73.3 Å². The van der Waals surface area contributed by atoms with Gasteiger partial charge in [0.25, 0.3) is 0 Å². The minimum atomic E-state index is -0.425. The molecule has 2 saturated carbocycles. The van der Waals surface area contributed by atoms with Gasteiger partial charge in [0.2, 0.25) is 0 Å². The number of nitrogens with zero attached hydrogens (tertiary/aromatic N) is 4. The van der Waals surface area contributed by atoms with Crippen LogP contribution in [-0.2, 0) is 28.4 Å². The van der Waals surface area contributed by atoms with Gasteiger partial charge in [0.1, 0.15) is 23.3 Å². The molecule has 45 heavy (non-hydrogen) atoms. The first-order valence-electron chi connectivity index (χ1n) is 15.3. The normalized spacial score (nSPS) is 15.9. The molecule has 8 nitrogen and oxygen atoms in total. The second-order valence-corrected chi connectivity index (χ2v) is 11.7. The third kappa shape index (κ3) is 7.12. The Hall–Kier alpha value is -4.44. The quantitative estimate of drug-likeness (QED) is 0.174. The lowest BCUT2D eigenvalue weighted by Gasteiger charge is -2.42. The zero-order valence-electron chi connectivity index (χ0n) is 25.3. The van der Waals surface area contributed by atoms with Crippen LogP contribution in [0.1, 0.15) is 88.9 Å². The maximum atomic E-state index is 14.2. The van der Waals surface area contributed by atoms with E-state index in [-0.39, 0.29) is 34.8 Å². The number of halogens is 2. The first-order chi connectivity index (χ1) is 21.8. The highest BCUT2D eigenvalue weighted by molar-refractivity contribution is 5.96. The van der Waals surface area contributed by atoms with Crippen LogP contribution >= 0.6 is 0 Å². The highest BCUT2D eigenvalue weighted by atomic mass is 19.1. The van der Waals surface area contributed by atoms with Crippen molar-refractivity contribution >= 4 is 11.8 Å². The number of ether oxygens (including phenoxy) is 1. The van der Waals surface area contributed by atoms with Crippen LogP contribution in [0, 0.1) is 11.6 Å². The Morgan fingerprint density at radius 2 is 1.16 bits per heavy atom. The van der Waals surface area contributed by atoms with Crippen LogP contribution < -0.4 is 5.73 Å². The molecule has 0 atom stereocenters. The fourth-order valence-electron chi connectivity index (χ4n) is 6.15. The van der Waals surface area contributed by atoms with E-state index in [9.17, 15) is 18.4 Å². The number of hydrogen-bond acceptors (Lipinski definition) is 8. The molecule has 2 aromatic carbocycles. The summed E-state index contributed by atoms with van der Waals surface area (Å²) in [5.74, 6) is 0.315. The van der Waals surface area contributed by atoms with E-state index < -0.39 is 5.97 Å². The lowest BCUT2D eigenvalue weighted by atomic mass is 9.62. The number of hydrogen-bond donors (Lipinski definition) is 1. The van der Waals surface area contributed by atoms with Crippen molar-refractivity contribution in [1.29, 1.82) is 0 Å². The van der Waals surface area contributed by atoms with Crippen molar-refractivity contribution in [3.05, 3.63) is 119 Å². The molecule has 0 aliphatic heterocycles. The van der Waals surface area contributed by atoms with Gasteiger partial charge in [0.05, 0.1) is 24.3 Å². The van der Waals surface area contributed by atoms with Crippen molar-refractivity contribution in [3.63, 3.8) is 0 Å². The van der Waals surface area contributed by atoms with Gasteiger partial charge in [-0.05, 0) is 55.9 Å². The van der Waals surface area contributed by atoms with Gasteiger partial charge in [-0.2, -0.15) is 0 Å². The summed E-state index contributed by atoms with van der Waals surface area (Å²) in [6, 6.07) is 13.8. The van der Waals surface area contributed by atoms with E-state index in [0.29, 0.717) is 42.2 Å². The molecule has 2 aliphatic carbocycles. The maximum absolute atomic E-state index is 14.2. The minimum Gasteiger partial charge on any atom is -0.462 e. The molecule has 0 radical (unpaired) electrons. The smallest absolute Gasteiger partial charge is 0.341 e. The van der Waals surface area contributed by atoms with Gasteiger partial charge < -0.3 is 10.5 Å². The Labute approximate surface area is 261 Å². The molecule has 10 heteroatoms. The van der Waals surface area contributed by atoms with Gasteiger partial charge in [-0.1, -0.05) is 49.2 Å². The van der Waals surface area contributed by atoms with Crippen molar-refractivity contribution < 1.29 is 23.1 Å². The molecular weight excluding hydrogens is 576 g/mol. The number of benzene rings is 2. The highest BCUT2D eigenvalue weighted by Gasteiger charge is 2.42. The second kappa shape index (κ2) is 14.1. The number of ketones is 1. The molecule has 0 saturated heterocycles. The molecule has 0 bridgehead atoms. The van der Waals surface area contributed by atoms with Gasteiger partial charge in [0.15, 0.2) is 5.78 Å². The SMILES string of the molecule is CCOC(=O)c1cnc(CC2(c3ccccc3F)CCC2)nc1.NCC(=O)c1cnc(CC2(c3ccccc3F)CCC2)nc1. The summed E-state index contributed by atoms with van der Waals surface area (Å²) in [5.41, 5.74) is 7.11. The lowest BCUT2D eigenvalue weighted by molar-refractivity contribution is 0.0525. The molecule has 2 aliphatic rings. The van der Waals surface area contributed by atoms with Gasteiger partial charge in [-0.25, -0.2) is 33.5 Å². The predicted molar refractivity (Wildman–Crippen MR) is 165 cm³/mol. The number of Topliss-reactive ketones (excluding diaryl/α,β-unsaturated/α-hetero) is 1. The van der Waals surface area contributed by atoms with E-state index in [1.165, 1.54) is 36.9 Å². The summed E-state index contributed by atoms with van der Waals surface area (Å²) in [6.07, 6.45) is 13.0. The molecular formula is C35H37F2N5O3. The average Bonchev–Trinajstić information content (AvgIpc) is 3.02. The van der Waals surface area contributed by atoms with Gasteiger partial charge >= 0.3 is 5.97 Å². The van der Waals surface area contributed by atoms with Crippen molar-refractivity contribution in [2.45, 2.75) is 69.1 Å². The summed E-state index contributed by atoms with van der Waals surface area (Å²) in [7, 11) is 0. The molecule has 2 aromatic heterocycles. The van der Waals surface area contributed by atoms with E-state index in [1.54, 1.807) is 19.1 Å². The summed E-state index contributed by atoms with van der Waals surface area (Å²) in [5, 5.41) is 0. The van der Waals surface area contributed by atoms with E-state index in [4.69, 9.17) is 10.5 Å². The Morgan fingerprint density at radius 1 is 0.733 bits per heavy atom. The van der Waals surface area contributed by atoms with Crippen molar-refractivity contribution in [2.24, 2.45) is 5.73 Å². The van der Waals surface area contributed by atoms with Gasteiger partial charge in [0, 0.05) is 48.5 Å². The zero-order chi connectivity index (χ0) is 31.9. The van der Waals surface area contributed by atoms with Crippen molar-refractivity contribution in [1.82, 2.24) is 19.9 Å². The first kappa shape index (κ1) is 32.0. The third-order valence-corrected chi connectivity index (χ3v) is 8.93. The topological polar surface area (TPSA) is 121 Å². The second-order valence-electron chi connectivity index (χ2n) is 11.7. The summed E-state index contributed by atoms with van der Waals surface area (Å²) in [6.45, 7) is 2.01. The van der Waals surface area contributed by atoms with Gasteiger partial charge in [-0.15, -0.1) is 0 Å². The Balaban J connectivity index is 0.000000178. The molecule has 6 rings (SSSR count). The summed E-state index contributed by atoms with van der Waals surface area (Å²) in [4.78, 5) is 40.2. The highest BCUT2D eigenvalue weighted by Crippen LogP contribution is 2.47. The Bertz CT molecular complexity index is 1620. The molecule has 2 fully saturated rings. The number of carbonyl (C=O) groups excluding carboxylic acids is 2. The molecule has 234 valence electrons. The van der Waals surface area contributed by atoms with Gasteiger partial charge in [-0.3, -0.25) is 4.79 Å². The van der Waals surface area contributed by atoms with Crippen molar-refractivity contribution in [3.8, 4) is 0 Å². The van der Waals surface area contributed by atoms with E-state index in [2.05, 4.69) is 19.9 Å². The van der Waals surface area contributed by atoms with Crippen LogP contribution in [0.2, 0.25) is 0 Å². The zero-order valence-corrected chi connectivity index (χ0v) is 25.3. The fourth-order valence-corrected chi connectivity index (χ4v) is 6.15.